The Morgan fingerprint density at radius 1 is 1.03 bits per heavy atom. The van der Waals surface area contributed by atoms with Gasteiger partial charge in [0, 0.05) is 18.9 Å². The van der Waals surface area contributed by atoms with Crippen LogP contribution in [0.1, 0.15) is 78.7 Å². The van der Waals surface area contributed by atoms with E-state index in [1.54, 1.807) is 12.1 Å². The Labute approximate surface area is 190 Å². The number of aromatic carboxylic acids is 1. The molecule has 1 aliphatic rings. The summed E-state index contributed by atoms with van der Waals surface area (Å²) in [6.07, 6.45) is 11.3. The van der Waals surface area contributed by atoms with Crippen molar-refractivity contribution in [1.29, 1.82) is 0 Å². The number of hydrogen-bond acceptors (Lipinski definition) is 2. The van der Waals surface area contributed by atoms with Gasteiger partial charge in [-0.05, 0) is 76.1 Å². The topological polar surface area (TPSA) is 55.1 Å². The molecule has 0 bridgehead atoms. The van der Waals surface area contributed by atoms with E-state index < -0.39 is 5.97 Å². The van der Waals surface area contributed by atoms with E-state index in [1.807, 2.05) is 35.3 Å². The highest BCUT2D eigenvalue weighted by molar-refractivity contribution is 5.88. The lowest BCUT2D eigenvalue weighted by Gasteiger charge is -2.42. The molecule has 0 aliphatic heterocycles. The molecule has 1 heterocycles. The van der Waals surface area contributed by atoms with Gasteiger partial charge in [0.15, 0.2) is 0 Å². The molecule has 4 nitrogen and oxygen atoms in total. The van der Waals surface area contributed by atoms with E-state index in [0.717, 1.165) is 18.5 Å². The number of carboxylic acid groups (broad SMARTS) is 1. The highest BCUT2D eigenvalue weighted by Crippen LogP contribution is 2.46. The van der Waals surface area contributed by atoms with Crippen LogP contribution in [0.15, 0.2) is 54.9 Å². The van der Waals surface area contributed by atoms with Crippen LogP contribution in [0.3, 0.4) is 0 Å². The highest BCUT2D eigenvalue weighted by atomic mass is 16.4. The van der Waals surface area contributed by atoms with Crippen LogP contribution in [0.5, 0.6) is 0 Å². The molecular weight excluding hydrogens is 396 g/mol. The molecule has 0 saturated carbocycles. The lowest BCUT2D eigenvalue weighted by Crippen LogP contribution is -2.34. The monoisotopic (exact) mass is 428 g/mol. The lowest BCUT2D eigenvalue weighted by molar-refractivity contribution is 0.0697. The van der Waals surface area contributed by atoms with Gasteiger partial charge in [-0.15, -0.1) is 0 Å². The zero-order valence-electron chi connectivity index (χ0n) is 19.4. The summed E-state index contributed by atoms with van der Waals surface area (Å²) in [6.45, 7) is 10.3. The third kappa shape index (κ3) is 4.55. The largest absolute Gasteiger partial charge is 0.478 e. The van der Waals surface area contributed by atoms with Gasteiger partial charge in [0.25, 0.3) is 0 Å². The van der Waals surface area contributed by atoms with Crippen molar-refractivity contribution in [2.24, 2.45) is 0 Å². The third-order valence-corrected chi connectivity index (χ3v) is 6.90. The van der Waals surface area contributed by atoms with Crippen LogP contribution >= 0.6 is 0 Å². The fourth-order valence-corrected chi connectivity index (χ4v) is 4.64. The summed E-state index contributed by atoms with van der Waals surface area (Å²) >= 11 is 0. The first-order valence-corrected chi connectivity index (χ1v) is 11.3. The summed E-state index contributed by atoms with van der Waals surface area (Å²) in [5.41, 5.74) is 7.07. The second-order valence-electron chi connectivity index (χ2n) is 10.1. The quantitative estimate of drug-likeness (QED) is 0.466. The Hall–Kier alpha value is -3.14. The number of aromatic nitrogens is 2. The maximum Gasteiger partial charge on any atom is 0.335 e. The summed E-state index contributed by atoms with van der Waals surface area (Å²) in [7, 11) is 0. The van der Waals surface area contributed by atoms with Gasteiger partial charge in [0.1, 0.15) is 0 Å². The Morgan fingerprint density at radius 3 is 2.28 bits per heavy atom. The number of nitrogens with zero attached hydrogens (tertiary/aromatic N) is 2. The molecule has 3 aromatic rings. The standard InChI is InChI=1S/C28H32N2O2/c1-27(2)13-14-28(3,4)25-19-23(12-17-30-16-5-15-29-30)22(18-24(25)27)11-8-20-6-9-21(10-7-20)26(31)32/h5-11,15-16,18-19H,12-14,17H2,1-4H3,(H,31,32). The molecule has 0 radical (unpaired) electrons. The first-order chi connectivity index (χ1) is 15.2. The first kappa shape index (κ1) is 22.1. The van der Waals surface area contributed by atoms with E-state index in [0.29, 0.717) is 5.56 Å². The van der Waals surface area contributed by atoms with Crippen LogP contribution in [0.2, 0.25) is 0 Å². The van der Waals surface area contributed by atoms with Crippen molar-refractivity contribution in [1.82, 2.24) is 9.78 Å². The number of hydrogen-bond donors (Lipinski definition) is 1. The zero-order chi connectivity index (χ0) is 22.9. The smallest absolute Gasteiger partial charge is 0.335 e. The average molecular weight is 429 g/mol. The fourth-order valence-electron chi connectivity index (χ4n) is 4.64. The average Bonchev–Trinajstić information content (AvgIpc) is 3.28. The van der Waals surface area contributed by atoms with Crippen molar-refractivity contribution in [2.45, 2.75) is 64.3 Å². The molecule has 0 amide bonds. The minimum absolute atomic E-state index is 0.150. The minimum Gasteiger partial charge on any atom is -0.478 e. The number of carbonyl (C=O) groups is 1. The van der Waals surface area contributed by atoms with Crippen LogP contribution in [0.25, 0.3) is 12.2 Å². The SMILES string of the molecule is CC1(C)CCC(C)(C)c2cc(CCn3cccn3)c(C=Cc3ccc(C(=O)O)cc3)cc21. The zero-order valence-corrected chi connectivity index (χ0v) is 19.4. The van der Waals surface area contributed by atoms with Gasteiger partial charge < -0.3 is 5.11 Å². The Morgan fingerprint density at radius 2 is 1.69 bits per heavy atom. The molecule has 2 aromatic carbocycles. The molecule has 4 rings (SSSR count). The van der Waals surface area contributed by atoms with E-state index in [1.165, 1.54) is 35.1 Å². The number of benzene rings is 2. The molecule has 166 valence electrons. The summed E-state index contributed by atoms with van der Waals surface area (Å²) in [6, 6.07) is 13.8. The predicted octanol–water partition coefficient (Wildman–Crippen LogP) is 6.34. The van der Waals surface area contributed by atoms with Crippen LogP contribution in [-0.2, 0) is 23.8 Å². The molecule has 1 N–H and O–H groups in total. The number of carboxylic acids is 1. The minimum atomic E-state index is -0.902. The Bertz CT molecular complexity index is 1140. The number of rotatable bonds is 6. The summed E-state index contributed by atoms with van der Waals surface area (Å²) < 4.78 is 1.98. The van der Waals surface area contributed by atoms with Crippen molar-refractivity contribution < 1.29 is 9.90 Å². The molecule has 0 spiro atoms. The molecule has 1 aromatic heterocycles. The Balaban J connectivity index is 1.73. The summed E-state index contributed by atoms with van der Waals surface area (Å²) in [4.78, 5) is 11.1. The van der Waals surface area contributed by atoms with Gasteiger partial charge in [0.05, 0.1) is 5.56 Å². The molecule has 0 unspecified atom stereocenters. The molecule has 0 fully saturated rings. The Kier molecular flexibility index (Phi) is 5.81. The molecule has 0 saturated heterocycles. The van der Waals surface area contributed by atoms with Gasteiger partial charge >= 0.3 is 5.97 Å². The van der Waals surface area contributed by atoms with E-state index in [9.17, 15) is 4.79 Å². The van der Waals surface area contributed by atoms with E-state index in [2.05, 4.69) is 57.1 Å². The number of fused-ring (bicyclic) bond motifs is 1. The van der Waals surface area contributed by atoms with Crippen molar-refractivity contribution in [3.05, 3.63) is 88.2 Å². The summed E-state index contributed by atoms with van der Waals surface area (Å²) in [5, 5.41) is 13.5. The van der Waals surface area contributed by atoms with E-state index in [-0.39, 0.29) is 10.8 Å². The highest BCUT2D eigenvalue weighted by Gasteiger charge is 2.37. The van der Waals surface area contributed by atoms with Crippen LogP contribution in [0.4, 0.5) is 0 Å². The van der Waals surface area contributed by atoms with Gasteiger partial charge in [-0.2, -0.15) is 5.10 Å². The fraction of sp³-hybridized carbons (Fsp3) is 0.357. The molecule has 32 heavy (non-hydrogen) atoms. The van der Waals surface area contributed by atoms with Crippen LogP contribution in [-0.4, -0.2) is 20.9 Å². The van der Waals surface area contributed by atoms with Crippen molar-refractivity contribution >= 4 is 18.1 Å². The normalized spacial score (nSPS) is 16.8. The maximum atomic E-state index is 11.1. The predicted molar refractivity (Wildman–Crippen MR) is 130 cm³/mol. The van der Waals surface area contributed by atoms with Crippen molar-refractivity contribution in [2.75, 3.05) is 0 Å². The number of aryl methyl sites for hydroxylation is 2. The van der Waals surface area contributed by atoms with Gasteiger partial charge in [0.2, 0.25) is 0 Å². The second-order valence-corrected chi connectivity index (χ2v) is 10.1. The third-order valence-electron chi connectivity index (χ3n) is 6.90. The van der Waals surface area contributed by atoms with Crippen LogP contribution < -0.4 is 0 Å². The van der Waals surface area contributed by atoms with Crippen LogP contribution in [0, 0.1) is 0 Å². The van der Waals surface area contributed by atoms with E-state index >= 15 is 0 Å². The molecule has 4 heteroatoms. The summed E-state index contributed by atoms with van der Waals surface area (Å²) in [5.74, 6) is -0.902. The van der Waals surface area contributed by atoms with Gasteiger partial charge in [-0.1, -0.05) is 64.1 Å². The van der Waals surface area contributed by atoms with Crippen molar-refractivity contribution in [3.8, 4) is 0 Å². The molecule has 1 aliphatic carbocycles. The van der Waals surface area contributed by atoms with Crippen molar-refractivity contribution in [3.63, 3.8) is 0 Å². The molecule has 0 atom stereocenters. The van der Waals surface area contributed by atoms with E-state index in [4.69, 9.17) is 5.11 Å². The second kappa shape index (κ2) is 8.42. The lowest BCUT2D eigenvalue weighted by atomic mass is 9.62. The first-order valence-electron chi connectivity index (χ1n) is 11.3. The maximum absolute atomic E-state index is 11.1. The van der Waals surface area contributed by atoms with Gasteiger partial charge in [-0.3, -0.25) is 4.68 Å². The van der Waals surface area contributed by atoms with Gasteiger partial charge in [-0.25, -0.2) is 4.79 Å². The molecular formula is C28H32N2O2.